The van der Waals surface area contributed by atoms with E-state index in [0.29, 0.717) is 29.8 Å². The van der Waals surface area contributed by atoms with E-state index in [4.69, 9.17) is 9.47 Å². The van der Waals surface area contributed by atoms with Crippen molar-refractivity contribution in [1.82, 2.24) is 10.6 Å². The van der Waals surface area contributed by atoms with E-state index in [9.17, 15) is 9.59 Å². The zero-order valence-electron chi connectivity index (χ0n) is 14.8. The molecule has 2 rings (SSSR count). The van der Waals surface area contributed by atoms with Gasteiger partial charge in [-0.05, 0) is 32.0 Å². The lowest BCUT2D eigenvalue weighted by molar-refractivity contribution is -0.123. The molecular formula is C17H26ClN3O4. The molecule has 7 nitrogen and oxygen atoms in total. The fourth-order valence-electron chi connectivity index (χ4n) is 2.17. The topological polar surface area (TPSA) is 88.7 Å². The summed E-state index contributed by atoms with van der Waals surface area (Å²) in [4.78, 5) is 23.8. The molecule has 0 saturated heterocycles. The van der Waals surface area contributed by atoms with Gasteiger partial charge in [0.2, 0.25) is 5.91 Å². The van der Waals surface area contributed by atoms with E-state index in [2.05, 4.69) is 16.0 Å². The average Bonchev–Trinajstić information content (AvgIpc) is 3.37. The van der Waals surface area contributed by atoms with Gasteiger partial charge in [-0.1, -0.05) is 6.92 Å². The Labute approximate surface area is 154 Å². The maximum absolute atomic E-state index is 12.1. The van der Waals surface area contributed by atoms with Crippen LogP contribution in [0.5, 0.6) is 11.5 Å². The van der Waals surface area contributed by atoms with E-state index in [1.54, 1.807) is 25.2 Å². The lowest BCUT2D eigenvalue weighted by Crippen LogP contribution is -2.30. The summed E-state index contributed by atoms with van der Waals surface area (Å²) >= 11 is 0. The minimum atomic E-state index is -0.161. The molecule has 25 heavy (non-hydrogen) atoms. The lowest BCUT2D eigenvalue weighted by Gasteiger charge is -2.15. The van der Waals surface area contributed by atoms with Gasteiger partial charge in [-0.2, -0.15) is 0 Å². The summed E-state index contributed by atoms with van der Waals surface area (Å²) in [5.41, 5.74) is 0.598. The SMILES string of the molecule is CNCC(C)C(=O)Nc1ccc(OC)c(OCC(=O)NC2CC2)c1.Cl. The molecule has 1 atom stereocenters. The van der Waals surface area contributed by atoms with Gasteiger partial charge in [0.05, 0.1) is 7.11 Å². The number of methoxy groups -OCH3 is 1. The number of halogens is 1. The normalized spacial score (nSPS) is 14.0. The molecule has 140 valence electrons. The van der Waals surface area contributed by atoms with E-state index in [0.717, 1.165) is 12.8 Å². The second-order valence-electron chi connectivity index (χ2n) is 5.94. The zero-order valence-corrected chi connectivity index (χ0v) is 15.6. The predicted molar refractivity (Wildman–Crippen MR) is 98.6 cm³/mol. The van der Waals surface area contributed by atoms with Crippen LogP contribution in [0.1, 0.15) is 19.8 Å². The smallest absolute Gasteiger partial charge is 0.258 e. The van der Waals surface area contributed by atoms with Crippen molar-refractivity contribution in [2.24, 2.45) is 5.92 Å². The number of amides is 2. The number of carbonyl (C=O) groups excluding carboxylic acids is 2. The van der Waals surface area contributed by atoms with Gasteiger partial charge in [0, 0.05) is 30.3 Å². The Kier molecular flexibility index (Phi) is 8.51. The number of carbonyl (C=O) groups is 2. The number of hydrogen-bond acceptors (Lipinski definition) is 5. The van der Waals surface area contributed by atoms with Gasteiger partial charge < -0.3 is 25.4 Å². The number of rotatable bonds is 9. The quantitative estimate of drug-likeness (QED) is 0.613. The Morgan fingerprint density at radius 2 is 2.00 bits per heavy atom. The first kappa shape index (κ1) is 21.1. The molecule has 1 aromatic rings. The summed E-state index contributed by atoms with van der Waals surface area (Å²) in [6.45, 7) is 2.35. The molecule has 0 bridgehead atoms. The van der Waals surface area contributed by atoms with Crippen molar-refractivity contribution < 1.29 is 19.1 Å². The molecule has 1 saturated carbocycles. The van der Waals surface area contributed by atoms with E-state index in [1.807, 2.05) is 6.92 Å². The van der Waals surface area contributed by atoms with E-state index in [1.165, 1.54) is 7.11 Å². The van der Waals surface area contributed by atoms with Crippen LogP contribution in [0, 0.1) is 5.92 Å². The fourth-order valence-corrected chi connectivity index (χ4v) is 2.17. The zero-order chi connectivity index (χ0) is 17.5. The lowest BCUT2D eigenvalue weighted by atomic mass is 10.1. The molecule has 0 heterocycles. The third kappa shape index (κ3) is 6.80. The van der Waals surface area contributed by atoms with Gasteiger partial charge in [-0.15, -0.1) is 12.4 Å². The highest BCUT2D eigenvalue weighted by Crippen LogP contribution is 2.30. The molecule has 0 spiro atoms. The van der Waals surface area contributed by atoms with Crippen molar-refractivity contribution in [2.75, 3.05) is 32.6 Å². The number of anilines is 1. The van der Waals surface area contributed by atoms with Gasteiger partial charge in [0.1, 0.15) is 0 Å². The Balaban J connectivity index is 0.00000312. The first-order chi connectivity index (χ1) is 11.5. The maximum atomic E-state index is 12.1. The van der Waals surface area contributed by atoms with Gasteiger partial charge in [-0.25, -0.2) is 0 Å². The molecule has 1 fully saturated rings. The van der Waals surface area contributed by atoms with Gasteiger partial charge >= 0.3 is 0 Å². The first-order valence-electron chi connectivity index (χ1n) is 8.09. The Morgan fingerprint density at radius 3 is 2.60 bits per heavy atom. The highest BCUT2D eigenvalue weighted by Gasteiger charge is 2.23. The molecule has 1 aliphatic rings. The van der Waals surface area contributed by atoms with Crippen LogP contribution in [0.25, 0.3) is 0 Å². The van der Waals surface area contributed by atoms with Gasteiger partial charge in [0.25, 0.3) is 5.91 Å². The van der Waals surface area contributed by atoms with Crippen molar-refractivity contribution in [2.45, 2.75) is 25.8 Å². The molecule has 0 aliphatic heterocycles. The molecule has 1 aromatic carbocycles. The van der Waals surface area contributed by atoms with Crippen LogP contribution in [0.15, 0.2) is 18.2 Å². The van der Waals surface area contributed by atoms with Crippen LogP contribution in [-0.4, -0.2) is 45.2 Å². The molecule has 3 N–H and O–H groups in total. The monoisotopic (exact) mass is 371 g/mol. The highest BCUT2D eigenvalue weighted by atomic mass is 35.5. The van der Waals surface area contributed by atoms with Crippen LogP contribution < -0.4 is 25.4 Å². The molecule has 0 radical (unpaired) electrons. The summed E-state index contributed by atoms with van der Waals surface area (Å²) in [5.74, 6) is 0.521. The summed E-state index contributed by atoms with van der Waals surface area (Å²) in [5, 5.41) is 8.66. The Hall–Kier alpha value is -1.99. The Morgan fingerprint density at radius 1 is 1.28 bits per heavy atom. The van der Waals surface area contributed by atoms with Crippen molar-refractivity contribution in [1.29, 1.82) is 0 Å². The van der Waals surface area contributed by atoms with Crippen molar-refractivity contribution >= 4 is 29.9 Å². The standard InChI is InChI=1S/C17H25N3O4.ClH/c1-11(9-18-2)17(22)20-13-6-7-14(23-3)15(8-13)24-10-16(21)19-12-4-5-12;/h6-8,11-12,18H,4-5,9-10H2,1-3H3,(H,19,21)(H,20,22);1H. The molecule has 1 aliphatic carbocycles. The third-order valence-electron chi connectivity index (χ3n) is 3.69. The van der Waals surface area contributed by atoms with Gasteiger partial charge in [0.15, 0.2) is 18.1 Å². The molecule has 1 unspecified atom stereocenters. The number of ether oxygens (including phenoxy) is 2. The number of benzene rings is 1. The molecule has 8 heteroatoms. The summed E-state index contributed by atoms with van der Waals surface area (Å²) < 4.78 is 10.8. The summed E-state index contributed by atoms with van der Waals surface area (Å²) in [7, 11) is 3.33. The first-order valence-corrected chi connectivity index (χ1v) is 8.09. The van der Waals surface area contributed by atoms with Crippen LogP contribution >= 0.6 is 12.4 Å². The van der Waals surface area contributed by atoms with Crippen LogP contribution in [0.3, 0.4) is 0 Å². The predicted octanol–water partition coefficient (Wildman–Crippen LogP) is 1.57. The highest BCUT2D eigenvalue weighted by molar-refractivity contribution is 5.92. The Bertz CT molecular complexity index is 593. The minimum absolute atomic E-state index is 0. The number of hydrogen-bond donors (Lipinski definition) is 3. The summed E-state index contributed by atoms with van der Waals surface area (Å²) in [6, 6.07) is 5.39. The van der Waals surface area contributed by atoms with Gasteiger partial charge in [-0.3, -0.25) is 9.59 Å². The van der Waals surface area contributed by atoms with Crippen LogP contribution in [0.2, 0.25) is 0 Å². The largest absolute Gasteiger partial charge is 0.493 e. The van der Waals surface area contributed by atoms with E-state index < -0.39 is 0 Å². The van der Waals surface area contributed by atoms with Crippen LogP contribution in [-0.2, 0) is 9.59 Å². The molecular weight excluding hydrogens is 346 g/mol. The van der Waals surface area contributed by atoms with Crippen molar-refractivity contribution in [3.8, 4) is 11.5 Å². The maximum Gasteiger partial charge on any atom is 0.258 e. The molecule has 2 amide bonds. The van der Waals surface area contributed by atoms with E-state index in [-0.39, 0.29) is 36.7 Å². The molecule has 0 aromatic heterocycles. The van der Waals surface area contributed by atoms with Crippen LogP contribution in [0.4, 0.5) is 5.69 Å². The fraction of sp³-hybridized carbons (Fsp3) is 0.529. The average molecular weight is 372 g/mol. The van der Waals surface area contributed by atoms with Crippen molar-refractivity contribution in [3.63, 3.8) is 0 Å². The second kappa shape index (κ2) is 10.1. The third-order valence-corrected chi connectivity index (χ3v) is 3.69. The van der Waals surface area contributed by atoms with Crippen molar-refractivity contribution in [3.05, 3.63) is 18.2 Å². The van der Waals surface area contributed by atoms with E-state index >= 15 is 0 Å². The summed E-state index contributed by atoms with van der Waals surface area (Å²) in [6.07, 6.45) is 2.06. The number of nitrogens with one attached hydrogen (secondary N) is 3. The minimum Gasteiger partial charge on any atom is -0.493 e. The second-order valence-corrected chi connectivity index (χ2v) is 5.94.